The molecule has 4 rings (SSSR count). The van der Waals surface area contributed by atoms with Crippen LogP contribution in [0.1, 0.15) is 28.9 Å². The van der Waals surface area contributed by atoms with Gasteiger partial charge in [0.2, 0.25) is 10.0 Å². The predicted octanol–water partition coefficient (Wildman–Crippen LogP) is 3.14. The smallest absolute Gasteiger partial charge is 0.338 e. The molecule has 158 valence electrons. The van der Waals surface area contributed by atoms with Crippen LogP contribution in [0, 0.1) is 0 Å². The standard InChI is InChI=1S/C20H20ClN3O5S/c1-28-17-6-4-14(10-18(17)30(26,27)24-8-2-3-9-24)20(25)29-13-16-12-23-11-15(21)5-7-19(23)22-16/h4-7,10-12H,2-3,8-9,13H2,1H3. The van der Waals surface area contributed by atoms with Crippen LogP contribution in [0.4, 0.5) is 0 Å². The SMILES string of the molecule is COc1ccc(C(=O)OCc2cn3cc(Cl)ccc3n2)cc1S(=O)(=O)N1CCCC1. The summed E-state index contributed by atoms with van der Waals surface area (Å²) in [5.74, 6) is -0.457. The second-order valence-corrected chi connectivity index (χ2v) is 9.24. The van der Waals surface area contributed by atoms with Gasteiger partial charge in [-0.1, -0.05) is 11.6 Å². The zero-order valence-electron chi connectivity index (χ0n) is 16.2. The van der Waals surface area contributed by atoms with Gasteiger partial charge in [0.05, 0.1) is 23.4 Å². The summed E-state index contributed by atoms with van der Waals surface area (Å²) in [6.07, 6.45) is 5.04. The molecule has 1 saturated heterocycles. The van der Waals surface area contributed by atoms with E-state index < -0.39 is 16.0 Å². The van der Waals surface area contributed by atoms with Gasteiger partial charge in [-0.25, -0.2) is 18.2 Å². The van der Waals surface area contributed by atoms with Gasteiger partial charge in [-0.15, -0.1) is 0 Å². The van der Waals surface area contributed by atoms with E-state index in [1.54, 1.807) is 28.9 Å². The molecule has 0 amide bonds. The molecule has 0 radical (unpaired) electrons. The maximum atomic E-state index is 13.0. The molecule has 3 heterocycles. The van der Waals surface area contributed by atoms with E-state index in [2.05, 4.69) is 4.98 Å². The Morgan fingerprint density at radius 1 is 1.17 bits per heavy atom. The molecule has 0 spiro atoms. The summed E-state index contributed by atoms with van der Waals surface area (Å²) in [4.78, 5) is 16.9. The van der Waals surface area contributed by atoms with Crippen LogP contribution in [0.25, 0.3) is 5.65 Å². The number of methoxy groups -OCH3 is 1. The number of nitrogens with zero attached hydrogens (tertiary/aromatic N) is 3. The van der Waals surface area contributed by atoms with Crippen LogP contribution in [0.15, 0.2) is 47.6 Å². The van der Waals surface area contributed by atoms with E-state index in [0.717, 1.165) is 12.8 Å². The lowest BCUT2D eigenvalue weighted by atomic mass is 10.2. The first-order chi connectivity index (χ1) is 14.4. The van der Waals surface area contributed by atoms with Crippen molar-refractivity contribution in [1.29, 1.82) is 0 Å². The monoisotopic (exact) mass is 449 g/mol. The predicted molar refractivity (Wildman–Crippen MR) is 110 cm³/mol. The minimum absolute atomic E-state index is 0.0382. The summed E-state index contributed by atoms with van der Waals surface area (Å²) < 4.78 is 39.6. The summed E-state index contributed by atoms with van der Waals surface area (Å²) in [6.45, 7) is 0.856. The van der Waals surface area contributed by atoms with Crippen LogP contribution in [0.2, 0.25) is 5.02 Å². The second kappa shape index (κ2) is 8.25. The highest BCUT2D eigenvalue weighted by atomic mass is 35.5. The number of carbonyl (C=O) groups excluding carboxylic acids is 1. The molecule has 1 aromatic carbocycles. The Labute approximate surface area is 179 Å². The van der Waals surface area contributed by atoms with E-state index >= 15 is 0 Å². The number of halogens is 1. The highest BCUT2D eigenvalue weighted by Crippen LogP contribution is 2.30. The number of esters is 1. The summed E-state index contributed by atoms with van der Waals surface area (Å²) in [5, 5.41) is 0.563. The molecule has 0 unspecified atom stereocenters. The van der Waals surface area contributed by atoms with E-state index in [0.29, 0.717) is 29.5 Å². The third-order valence-electron chi connectivity index (χ3n) is 4.90. The van der Waals surface area contributed by atoms with E-state index in [9.17, 15) is 13.2 Å². The van der Waals surface area contributed by atoms with E-state index in [1.807, 2.05) is 0 Å². The lowest BCUT2D eigenvalue weighted by Crippen LogP contribution is -2.28. The fourth-order valence-corrected chi connectivity index (χ4v) is 5.25. The normalized spacial score (nSPS) is 14.9. The topological polar surface area (TPSA) is 90.2 Å². The number of imidazole rings is 1. The molecule has 1 aliphatic heterocycles. The van der Waals surface area contributed by atoms with E-state index in [1.165, 1.54) is 29.6 Å². The Morgan fingerprint density at radius 2 is 1.93 bits per heavy atom. The molecule has 10 heteroatoms. The summed E-state index contributed by atoms with van der Waals surface area (Å²) in [6, 6.07) is 7.73. The number of carbonyl (C=O) groups is 1. The molecule has 2 aromatic heterocycles. The molecule has 30 heavy (non-hydrogen) atoms. The minimum atomic E-state index is -3.75. The van der Waals surface area contributed by atoms with Crippen molar-refractivity contribution in [3.05, 3.63) is 59.0 Å². The van der Waals surface area contributed by atoms with Crippen molar-refractivity contribution < 1.29 is 22.7 Å². The molecule has 0 atom stereocenters. The van der Waals surface area contributed by atoms with Crippen molar-refractivity contribution in [2.75, 3.05) is 20.2 Å². The average Bonchev–Trinajstić information content (AvgIpc) is 3.41. The molecule has 0 N–H and O–H groups in total. The summed E-state index contributed by atoms with van der Waals surface area (Å²) in [7, 11) is -2.36. The van der Waals surface area contributed by atoms with E-state index in [4.69, 9.17) is 21.1 Å². The maximum absolute atomic E-state index is 13.0. The molecule has 1 fully saturated rings. The van der Waals surface area contributed by atoms with Crippen LogP contribution >= 0.6 is 11.6 Å². The van der Waals surface area contributed by atoms with Crippen LogP contribution in [-0.4, -0.2) is 48.3 Å². The fraction of sp³-hybridized carbons (Fsp3) is 0.300. The third-order valence-corrected chi connectivity index (χ3v) is 7.04. The lowest BCUT2D eigenvalue weighted by molar-refractivity contribution is 0.0468. The summed E-state index contributed by atoms with van der Waals surface area (Å²) >= 11 is 5.96. The summed E-state index contributed by atoms with van der Waals surface area (Å²) in [5.41, 5.74) is 1.35. The van der Waals surface area contributed by atoms with Crippen molar-refractivity contribution in [3.63, 3.8) is 0 Å². The van der Waals surface area contributed by atoms with Crippen molar-refractivity contribution in [3.8, 4) is 5.75 Å². The number of hydrogen-bond donors (Lipinski definition) is 0. The Hall–Kier alpha value is -2.62. The van der Waals surface area contributed by atoms with Crippen molar-refractivity contribution >= 4 is 33.2 Å². The number of rotatable bonds is 6. The van der Waals surface area contributed by atoms with Gasteiger partial charge in [-0.3, -0.25) is 0 Å². The first-order valence-electron chi connectivity index (χ1n) is 9.37. The van der Waals surface area contributed by atoms with Gasteiger partial charge in [0.25, 0.3) is 0 Å². The Bertz CT molecular complexity index is 1200. The average molecular weight is 450 g/mol. The molecule has 0 aliphatic carbocycles. The van der Waals surface area contributed by atoms with Gasteiger partial charge in [-0.05, 0) is 43.2 Å². The molecule has 1 aliphatic rings. The molecular weight excluding hydrogens is 430 g/mol. The number of aromatic nitrogens is 2. The number of benzene rings is 1. The fourth-order valence-electron chi connectivity index (χ4n) is 3.38. The van der Waals surface area contributed by atoms with Crippen LogP contribution in [0.3, 0.4) is 0 Å². The van der Waals surface area contributed by atoms with Gasteiger partial charge in [-0.2, -0.15) is 4.31 Å². The molecule has 3 aromatic rings. The number of sulfonamides is 1. The Kier molecular flexibility index (Phi) is 5.68. The number of hydrogen-bond acceptors (Lipinski definition) is 6. The van der Waals surface area contributed by atoms with Crippen LogP contribution < -0.4 is 4.74 Å². The first-order valence-corrected chi connectivity index (χ1v) is 11.2. The quantitative estimate of drug-likeness (QED) is 0.537. The third kappa shape index (κ3) is 4.00. The van der Waals surface area contributed by atoms with Crippen molar-refractivity contribution in [1.82, 2.24) is 13.7 Å². The van der Waals surface area contributed by atoms with Gasteiger partial charge in [0, 0.05) is 25.5 Å². The maximum Gasteiger partial charge on any atom is 0.338 e. The Morgan fingerprint density at radius 3 is 2.67 bits per heavy atom. The molecule has 8 nitrogen and oxygen atoms in total. The van der Waals surface area contributed by atoms with Crippen LogP contribution in [0.5, 0.6) is 5.75 Å². The highest BCUT2D eigenvalue weighted by Gasteiger charge is 2.30. The van der Waals surface area contributed by atoms with Gasteiger partial charge in [0.1, 0.15) is 22.9 Å². The van der Waals surface area contributed by atoms with Crippen molar-refractivity contribution in [2.45, 2.75) is 24.3 Å². The lowest BCUT2D eigenvalue weighted by Gasteiger charge is -2.18. The molecule has 0 saturated carbocycles. The first kappa shape index (κ1) is 20.6. The number of fused-ring (bicyclic) bond motifs is 1. The zero-order valence-corrected chi connectivity index (χ0v) is 17.8. The Balaban J connectivity index is 1.54. The zero-order chi connectivity index (χ0) is 21.3. The molecule has 0 bridgehead atoms. The van der Waals surface area contributed by atoms with Gasteiger partial charge >= 0.3 is 5.97 Å². The number of pyridine rings is 1. The highest BCUT2D eigenvalue weighted by molar-refractivity contribution is 7.89. The minimum Gasteiger partial charge on any atom is -0.495 e. The van der Waals surface area contributed by atoms with Crippen molar-refractivity contribution in [2.24, 2.45) is 0 Å². The van der Waals surface area contributed by atoms with E-state index in [-0.39, 0.29) is 22.8 Å². The second-order valence-electron chi connectivity index (χ2n) is 6.90. The van der Waals surface area contributed by atoms with Crippen LogP contribution in [-0.2, 0) is 21.4 Å². The largest absolute Gasteiger partial charge is 0.495 e. The molecular formula is C20H20ClN3O5S. The number of ether oxygens (including phenoxy) is 2. The van der Waals surface area contributed by atoms with Gasteiger partial charge < -0.3 is 13.9 Å². The van der Waals surface area contributed by atoms with Gasteiger partial charge in [0.15, 0.2) is 0 Å².